The van der Waals surface area contributed by atoms with Gasteiger partial charge in [-0.2, -0.15) is 0 Å². The summed E-state index contributed by atoms with van der Waals surface area (Å²) in [5.74, 6) is -0.169. The highest BCUT2D eigenvalue weighted by Crippen LogP contribution is 2.13. The summed E-state index contributed by atoms with van der Waals surface area (Å²) >= 11 is 3.33. The van der Waals surface area contributed by atoms with Crippen molar-refractivity contribution in [1.29, 1.82) is 0 Å². The number of rotatable bonds is 7. The fraction of sp³-hybridized carbons (Fsp3) is 0.500. The molecule has 130 valence electrons. The van der Waals surface area contributed by atoms with Crippen LogP contribution in [0.1, 0.15) is 48.9 Å². The van der Waals surface area contributed by atoms with Gasteiger partial charge < -0.3 is 10.2 Å². The van der Waals surface area contributed by atoms with Crippen LogP contribution in [0.4, 0.5) is 0 Å². The normalized spacial score (nSPS) is 14.3. The SMILES string of the molecule is O=C(CCCC(=O)c1ccc(Br)cc1)NCC(=O)N1CCCCC1. The van der Waals surface area contributed by atoms with Crippen LogP contribution in [0.25, 0.3) is 0 Å². The molecule has 2 rings (SSSR count). The second-order valence-corrected chi connectivity index (χ2v) is 6.92. The Labute approximate surface area is 150 Å². The minimum atomic E-state index is -0.177. The Morgan fingerprint density at radius 3 is 2.33 bits per heavy atom. The number of hydrogen-bond donors (Lipinski definition) is 1. The predicted octanol–water partition coefficient (Wildman–Crippen LogP) is 2.93. The number of nitrogens with one attached hydrogen (secondary N) is 1. The van der Waals surface area contributed by atoms with Crippen molar-refractivity contribution >= 4 is 33.5 Å². The number of carbonyl (C=O) groups is 3. The summed E-state index contributed by atoms with van der Waals surface area (Å²) in [5, 5.41) is 2.65. The lowest BCUT2D eigenvalue weighted by Crippen LogP contribution is -2.42. The summed E-state index contributed by atoms with van der Waals surface area (Å²) in [7, 11) is 0. The smallest absolute Gasteiger partial charge is 0.241 e. The van der Waals surface area contributed by atoms with Gasteiger partial charge in [-0.3, -0.25) is 14.4 Å². The van der Waals surface area contributed by atoms with E-state index in [-0.39, 0.29) is 30.6 Å². The second kappa shape index (κ2) is 9.57. The van der Waals surface area contributed by atoms with E-state index in [1.807, 2.05) is 12.1 Å². The summed E-state index contributed by atoms with van der Waals surface area (Å²) in [4.78, 5) is 37.6. The quantitative estimate of drug-likeness (QED) is 0.722. The third kappa shape index (κ3) is 6.07. The Bertz CT molecular complexity index is 580. The Morgan fingerprint density at radius 1 is 1.00 bits per heavy atom. The molecule has 1 aromatic rings. The molecule has 1 fully saturated rings. The van der Waals surface area contributed by atoms with Gasteiger partial charge in [-0.1, -0.05) is 28.1 Å². The molecule has 0 unspecified atom stereocenters. The third-order valence-corrected chi connectivity index (χ3v) is 4.65. The van der Waals surface area contributed by atoms with Crippen LogP contribution in [-0.2, 0) is 9.59 Å². The topological polar surface area (TPSA) is 66.5 Å². The number of nitrogens with zero attached hydrogens (tertiary/aromatic N) is 1. The van der Waals surface area contributed by atoms with Crippen LogP contribution in [0.5, 0.6) is 0 Å². The van der Waals surface area contributed by atoms with Gasteiger partial charge in [-0.05, 0) is 37.8 Å². The van der Waals surface area contributed by atoms with E-state index in [0.717, 1.165) is 30.4 Å². The molecule has 0 saturated carbocycles. The van der Waals surface area contributed by atoms with Crippen molar-refractivity contribution in [3.05, 3.63) is 34.3 Å². The van der Waals surface area contributed by atoms with Gasteiger partial charge in [0.2, 0.25) is 11.8 Å². The summed E-state index contributed by atoms with van der Waals surface area (Å²) in [6, 6.07) is 7.19. The van der Waals surface area contributed by atoms with E-state index >= 15 is 0 Å². The first-order valence-corrected chi connectivity index (χ1v) is 9.19. The Kier molecular flexibility index (Phi) is 7.43. The maximum absolute atomic E-state index is 12.0. The highest BCUT2D eigenvalue weighted by atomic mass is 79.9. The van der Waals surface area contributed by atoms with Crippen molar-refractivity contribution in [3.8, 4) is 0 Å². The van der Waals surface area contributed by atoms with Crippen molar-refractivity contribution in [3.63, 3.8) is 0 Å². The van der Waals surface area contributed by atoms with Gasteiger partial charge in [0, 0.05) is 36.0 Å². The highest BCUT2D eigenvalue weighted by Gasteiger charge is 2.16. The summed E-state index contributed by atoms with van der Waals surface area (Å²) in [6.45, 7) is 1.63. The molecule has 1 aliphatic heterocycles. The fourth-order valence-corrected chi connectivity index (χ4v) is 2.97. The molecular formula is C18H23BrN2O3. The Balaban J connectivity index is 1.63. The molecule has 1 saturated heterocycles. The number of benzene rings is 1. The van der Waals surface area contributed by atoms with Crippen LogP contribution in [0.2, 0.25) is 0 Å². The zero-order valence-electron chi connectivity index (χ0n) is 13.7. The van der Waals surface area contributed by atoms with Gasteiger partial charge in [0.25, 0.3) is 0 Å². The predicted molar refractivity (Wildman–Crippen MR) is 95.8 cm³/mol. The number of halogens is 1. The average Bonchev–Trinajstić information content (AvgIpc) is 2.61. The zero-order chi connectivity index (χ0) is 17.4. The zero-order valence-corrected chi connectivity index (χ0v) is 15.3. The van der Waals surface area contributed by atoms with Crippen molar-refractivity contribution < 1.29 is 14.4 Å². The monoisotopic (exact) mass is 394 g/mol. The van der Waals surface area contributed by atoms with E-state index < -0.39 is 0 Å². The van der Waals surface area contributed by atoms with E-state index in [0.29, 0.717) is 18.4 Å². The molecule has 1 aromatic carbocycles. The van der Waals surface area contributed by atoms with Crippen LogP contribution in [0.15, 0.2) is 28.7 Å². The number of Topliss-reactive ketones (excluding diaryl/α,β-unsaturated/α-hetero) is 1. The number of hydrogen-bond acceptors (Lipinski definition) is 3. The molecule has 2 amide bonds. The van der Waals surface area contributed by atoms with E-state index in [2.05, 4.69) is 21.2 Å². The van der Waals surface area contributed by atoms with Crippen LogP contribution < -0.4 is 5.32 Å². The molecule has 5 nitrogen and oxygen atoms in total. The number of piperidine rings is 1. The van der Waals surface area contributed by atoms with Crippen LogP contribution in [0, 0.1) is 0 Å². The minimum absolute atomic E-state index is 0.0195. The molecule has 0 bridgehead atoms. The lowest BCUT2D eigenvalue weighted by atomic mass is 10.1. The molecule has 0 aromatic heterocycles. The molecule has 6 heteroatoms. The standard InChI is InChI=1S/C18H23BrN2O3/c19-15-9-7-14(8-10-15)16(22)5-4-6-17(23)20-13-18(24)21-11-2-1-3-12-21/h7-10H,1-6,11-13H2,(H,20,23). The maximum atomic E-state index is 12.0. The van der Waals surface area contributed by atoms with Gasteiger partial charge >= 0.3 is 0 Å². The minimum Gasteiger partial charge on any atom is -0.347 e. The summed E-state index contributed by atoms with van der Waals surface area (Å²) in [5.41, 5.74) is 0.652. The van der Waals surface area contributed by atoms with Crippen molar-refractivity contribution in [2.24, 2.45) is 0 Å². The lowest BCUT2D eigenvalue weighted by molar-refractivity contribution is -0.133. The van der Waals surface area contributed by atoms with Gasteiger partial charge in [0.15, 0.2) is 5.78 Å². The van der Waals surface area contributed by atoms with E-state index in [1.54, 1.807) is 17.0 Å². The molecule has 1 aliphatic rings. The number of carbonyl (C=O) groups excluding carboxylic acids is 3. The first kappa shape index (κ1) is 18.6. The van der Waals surface area contributed by atoms with E-state index in [1.165, 1.54) is 6.42 Å². The molecule has 0 aliphatic carbocycles. The average molecular weight is 395 g/mol. The van der Waals surface area contributed by atoms with Crippen molar-refractivity contribution in [2.45, 2.75) is 38.5 Å². The molecule has 1 N–H and O–H groups in total. The molecule has 0 atom stereocenters. The molecule has 0 radical (unpaired) electrons. The molecule has 1 heterocycles. The van der Waals surface area contributed by atoms with Gasteiger partial charge in [0.05, 0.1) is 6.54 Å². The van der Waals surface area contributed by atoms with Crippen molar-refractivity contribution in [2.75, 3.05) is 19.6 Å². The first-order valence-electron chi connectivity index (χ1n) is 8.39. The highest BCUT2D eigenvalue weighted by molar-refractivity contribution is 9.10. The summed E-state index contributed by atoms with van der Waals surface area (Å²) < 4.78 is 0.928. The third-order valence-electron chi connectivity index (χ3n) is 4.12. The van der Waals surface area contributed by atoms with Crippen LogP contribution in [0.3, 0.4) is 0 Å². The molecule has 24 heavy (non-hydrogen) atoms. The molecule has 0 spiro atoms. The maximum Gasteiger partial charge on any atom is 0.241 e. The first-order chi connectivity index (χ1) is 11.6. The van der Waals surface area contributed by atoms with Crippen molar-refractivity contribution in [1.82, 2.24) is 10.2 Å². The van der Waals surface area contributed by atoms with Gasteiger partial charge in [0.1, 0.15) is 0 Å². The lowest BCUT2D eigenvalue weighted by Gasteiger charge is -2.26. The fourth-order valence-electron chi connectivity index (χ4n) is 2.71. The van der Waals surface area contributed by atoms with E-state index in [4.69, 9.17) is 0 Å². The Morgan fingerprint density at radius 2 is 1.67 bits per heavy atom. The van der Waals surface area contributed by atoms with Crippen LogP contribution in [-0.4, -0.2) is 42.1 Å². The number of amides is 2. The van der Waals surface area contributed by atoms with Gasteiger partial charge in [-0.25, -0.2) is 0 Å². The van der Waals surface area contributed by atoms with E-state index in [9.17, 15) is 14.4 Å². The molecular weight excluding hydrogens is 372 g/mol. The Hall–Kier alpha value is -1.69. The summed E-state index contributed by atoms with van der Waals surface area (Å²) in [6.07, 6.45) is 4.32. The van der Waals surface area contributed by atoms with Gasteiger partial charge in [-0.15, -0.1) is 0 Å². The number of likely N-dealkylation sites (tertiary alicyclic amines) is 1. The second-order valence-electron chi connectivity index (χ2n) is 6.00. The van der Waals surface area contributed by atoms with Crippen LogP contribution >= 0.6 is 15.9 Å². The number of ketones is 1. The largest absolute Gasteiger partial charge is 0.347 e.